The van der Waals surface area contributed by atoms with Crippen LogP contribution in [0.4, 0.5) is 0 Å². The summed E-state index contributed by atoms with van der Waals surface area (Å²) >= 11 is 4.08. The summed E-state index contributed by atoms with van der Waals surface area (Å²) < 4.78 is 0. The normalized spacial score (nSPS) is 9.46. The number of hydrogen-bond acceptors (Lipinski definition) is 9. The van der Waals surface area contributed by atoms with E-state index in [0.717, 1.165) is 11.0 Å². The molecule has 0 spiro atoms. The first-order valence-corrected chi connectivity index (χ1v) is 6.62. The Hall–Kier alpha value is -2.71. The lowest BCUT2D eigenvalue weighted by atomic mass is 9.96. The fourth-order valence-electron chi connectivity index (χ4n) is 1.65. The van der Waals surface area contributed by atoms with E-state index in [9.17, 15) is 14.4 Å². The van der Waals surface area contributed by atoms with Gasteiger partial charge in [-0.15, -0.1) is 12.6 Å². The molecule has 0 saturated heterocycles. The number of aromatic amines is 1. The van der Waals surface area contributed by atoms with Crippen molar-refractivity contribution in [2.75, 3.05) is 0 Å². The lowest BCUT2D eigenvalue weighted by Gasteiger charge is -2.18. The Morgan fingerprint density at radius 1 is 1.00 bits per heavy atom. The molecular formula is C13H23N5O7S. The number of carbonyl (C=O) groups is 3. The highest BCUT2D eigenvalue weighted by Gasteiger charge is 2.40. The van der Waals surface area contributed by atoms with Crippen molar-refractivity contribution in [2.45, 2.75) is 23.6 Å². The van der Waals surface area contributed by atoms with Crippen LogP contribution in [0.1, 0.15) is 12.8 Å². The molecule has 2 rings (SSSR count). The summed E-state index contributed by atoms with van der Waals surface area (Å²) in [5.74, 6) is -5.02. The lowest BCUT2D eigenvalue weighted by molar-refractivity contribution is -0.170. The van der Waals surface area contributed by atoms with Gasteiger partial charge in [-0.05, 0) is 12.1 Å². The van der Waals surface area contributed by atoms with Gasteiger partial charge in [0, 0.05) is 0 Å². The molecule has 13 heteroatoms. The van der Waals surface area contributed by atoms with Crippen molar-refractivity contribution < 1.29 is 34.8 Å². The zero-order valence-electron chi connectivity index (χ0n) is 13.8. The first kappa shape index (κ1) is 28.1. The molecule has 0 atom stereocenters. The fourth-order valence-corrected chi connectivity index (χ4v) is 1.88. The third-order valence-electron chi connectivity index (χ3n) is 2.66. The van der Waals surface area contributed by atoms with Crippen molar-refractivity contribution in [1.29, 1.82) is 0 Å². The smallest absolute Gasteiger partial charge is 0.336 e. The minimum atomic E-state index is -2.74. The van der Waals surface area contributed by atoms with Gasteiger partial charge in [-0.1, -0.05) is 12.1 Å². The van der Waals surface area contributed by atoms with E-state index in [2.05, 4.69) is 22.6 Å². The van der Waals surface area contributed by atoms with Gasteiger partial charge >= 0.3 is 17.9 Å². The number of benzene rings is 1. The van der Waals surface area contributed by atoms with Crippen LogP contribution in [0.2, 0.25) is 0 Å². The number of para-hydroxylation sites is 2. The molecule has 2 aromatic rings. The number of nitrogens with one attached hydrogen (secondary N) is 1. The maximum atomic E-state index is 10.3. The highest BCUT2D eigenvalue weighted by Crippen LogP contribution is 2.15. The number of thiol groups is 1. The molecule has 14 N–H and O–H groups in total. The Kier molecular flexibility index (Phi) is 12.7. The first-order valence-electron chi connectivity index (χ1n) is 6.17. The van der Waals surface area contributed by atoms with E-state index in [1.165, 1.54) is 0 Å². The van der Waals surface area contributed by atoms with Crippen molar-refractivity contribution in [3.8, 4) is 0 Å². The second-order valence-electron chi connectivity index (χ2n) is 4.56. The van der Waals surface area contributed by atoms with Gasteiger partial charge in [-0.2, -0.15) is 0 Å². The number of aliphatic hydroxyl groups is 1. The number of H-pyrrole nitrogens is 1. The Labute approximate surface area is 153 Å². The molecule has 0 aliphatic carbocycles. The van der Waals surface area contributed by atoms with Crippen LogP contribution in [0.15, 0.2) is 29.4 Å². The van der Waals surface area contributed by atoms with E-state index < -0.39 is 36.4 Å². The molecule has 1 aromatic heterocycles. The molecule has 12 nitrogen and oxygen atoms in total. The van der Waals surface area contributed by atoms with Crippen molar-refractivity contribution in [3.05, 3.63) is 24.3 Å². The fraction of sp³-hybridized carbons (Fsp3) is 0.231. The third kappa shape index (κ3) is 8.41. The predicted octanol–water partition coefficient (Wildman–Crippen LogP) is 1.09. The number of rotatable bonds is 5. The second-order valence-corrected chi connectivity index (χ2v) is 4.98. The number of carboxylic acid groups (broad SMARTS) is 3. The van der Waals surface area contributed by atoms with Gasteiger partial charge in [0.2, 0.25) is 0 Å². The maximum Gasteiger partial charge on any atom is 0.336 e. The van der Waals surface area contributed by atoms with E-state index >= 15 is 0 Å². The van der Waals surface area contributed by atoms with Crippen LogP contribution >= 0.6 is 12.6 Å². The number of hydrogen-bond donors (Lipinski definition) is 9. The summed E-state index contributed by atoms with van der Waals surface area (Å²) in [4.78, 5) is 37.6. The average molecular weight is 393 g/mol. The number of imidazole rings is 1. The summed E-state index contributed by atoms with van der Waals surface area (Å²) in [5.41, 5.74) is -0.738. The second kappa shape index (κ2) is 11.8. The van der Waals surface area contributed by atoms with Gasteiger partial charge in [0.15, 0.2) is 10.8 Å². The minimum Gasteiger partial charge on any atom is -0.481 e. The number of carboxylic acids is 3. The van der Waals surface area contributed by atoms with Gasteiger partial charge in [0.1, 0.15) is 0 Å². The molecule has 0 radical (unpaired) electrons. The summed E-state index contributed by atoms with van der Waals surface area (Å²) in [6, 6.07) is 7.84. The van der Waals surface area contributed by atoms with E-state index in [1.54, 1.807) is 0 Å². The van der Waals surface area contributed by atoms with Crippen LogP contribution in [0.3, 0.4) is 0 Å². The highest BCUT2D eigenvalue weighted by molar-refractivity contribution is 7.80. The van der Waals surface area contributed by atoms with Crippen molar-refractivity contribution in [3.63, 3.8) is 0 Å². The van der Waals surface area contributed by atoms with E-state index in [1.807, 2.05) is 24.3 Å². The largest absolute Gasteiger partial charge is 0.481 e. The Morgan fingerprint density at radius 2 is 1.46 bits per heavy atom. The van der Waals surface area contributed by atoms with Crippen LogP contribution in [-0.4, -0.2) is 53.9 Å². The van der Waals surface area contributed by atoms with Crippen LogP contribution < -0.4 is 18.5 Å². The Bertz CT molecular complexity index is 687. The molecule has 0 aliphatic heterocycles. The van der Waals surface area contributed by atoms with Gasteiger partial charge in [-0.25, -0.2) is 9.78 Å². The topological polar surface area (TPSA) is 266 Å². The SMILES string of the molecule is N.N.N.O=C(O)CC(O)(CC(=O)O)C(=O)O.Sc1nc2ccccc2[nH]1. The summed E-state index contributed by atoms with van der Waals surface area (Å²) in [7, 11) is 0. The third-order valence-corrected chi connectivity index (χ3v) is 2.87. The lowest BCUT2D eigenvalue weighted by Crippen LogP contribution is -2.42. The molecule has 0 unspecified atom stereocenters. The first-order chi connectivity index (χ1) is 10.6. The molecule has 0 aliphatic rings. The number of fused-ring (bicyclic) bond motifs is 1. The monoisotopic (exact) mass is 393 g/mol. The van der Waals surface area contributed by atoms with Crippen LogP contribution in [-0.2, 0) is 14.4 Å². The van der Waals surface area contributed by atoms with Crippen LogP contribution in [0, 0.1) is 0 Å². The molecule has 0 saturated carbocycles. The summed E-state index contributed by atoms with van der Waals surface area (Å²) in [6.45, 7) is 0. The summed E-state index contributed by atoms with van der Waals surface area (Å²) in [5, 5.41) is 34.5. The van der Waals surface area contributed by atoms with E-state index in [-0.39, 0.29) is 18.5 Å². The zero-order chi connectivity index (χ0) is 17.6. The molecule has 148 valence electrons. The molecular weight excluding hydrogens is 370 g/mol. The number of nitrogens with zero attached hydrogens (tertiary/aromatic N) is 1. The van der Waals surface area contributed by atoms with Gasteiger partial charge < -0.3 is 43.9 Å². The molecule has 0 bridgehead atoms. The molecule has 0 amide bonds. The quantitative estimate of drug-likeness (QED) is 0.324. The molecule has 0 fully saturated rings. The Balaban J connectivity index is -0.000000370. The van der Waals surface area contributed by atoms with Crippen LogP contribution in [0.25, 0.3) is 11.0 Å². The van der Waals surface area contributed by atoms with Crippen molar-refractivity contribution in [1.82, 2.24) is 28.4 Å². The van der Waals surface area contributed by atoms with Crippen molar-refractivity contribution in [2.24, 2.45) is 0 Å². The predicted molar refractivity (Wildman–Crippen MR) is 95.5 cm³/mol. The van der Waals surface area contributed by atoms with Gasteiger partial charge in [0.05, 0.1) is 23.9 Å². The van der Waals surface area contributed by atoms with E-state index in [4.69, 9.17) is 20.4 Å². The highest BCUT2D eigenvalue weighted by atomic mass is 32.1. The van der Waals surface area contributed by atoms with Crippen LogP contribution in [0.5, 0.6) is 0 Å². The molecule has 26 heavy (non-hydrogen) atoms. The Morgan fingerprint density at radius 3 is 1.85 bits per heavy atom. The zero-order valence-corrected chi connectivity index (χ0v) is 14.6. The standard InChI is InChI=1S/C7H6N2S.C6H8O7.3H3N/c10-7-8-5-3-1-2-4-6(5)9-7;7-3(8)1-6(13,5(11)12)2-4(9)10;;;/h1-4H,(H2,8,9,10);13H,1-2H2,(H,7,8)(H,9,10)(H,11,12);3*1H3. The maximum absolute atomic E-state index is 10.3. The molecule has 1 aromatic carbocycles. The number of aliphatic carboxylic acids is 3. The molecule has 1 heterocycles. The summed E-state index contributed by atoms with van der Waals surface area (Å²) in [6.07, 6.45) is -2.29. The van der Waals surface area contributed by atoms with E-state index in [0.29, 0.717) is 5.16 Å². The van der Waals surface area contributed by atoms with Gasteiger partial charge in [0.25, 0.3) is 0 Å². The minimum absolute atomic E-state index is 0. The average Bonchev–Trinajstić information content (AvgIpc) is 2.77. The number of aromatic nitrogens is 2. The van der Waals surface area contributed by atoms with Crippen molar-refractivity contribution >= 4 is 41.6 Å². The van der Waals surface area contributed by atoms with Gasteiger partial charge in [-0.3, -0.25) is 9.59 Å².